The molecule has 1 aliphatic rings. The Morgan fingerprint density at radius 2 is 1.18 bits per heavy atom. The molecular formula is C36H24N2S. The van der Waals surface area contributed by atoms with E-state index < -0.39 is 0 Å². The SMILES string of the molecule is C1=CCCC(n2c3ccccc3c3cc4c(cc32)c2ccccc2n4-c2cccc3c2sc2ccccc23)=C1. The fraction of sp³-hybridized carbons (Fsp3) is 0.0556. The number of nitrogens with zero attached hydrogens (tertiary/aromatic N) is 2. The van der Waals surface area contributed by atoms with Gasteiger partial charge in [0.05, 0.1) is 32.5 Å². The van der Waals surface area contributed by atoms with E-state index in [-0.39, 0.29) is 0 Å². The lowest BCUT2D eigenvalue weighted by Gasteiger charge is -2.14. The van der Waals surface area contributed by atoms with E-state index in [0.717, 1.165) is 12.8 Å². The number of hydrogen-bond acceptors (Lipinski definition) is 1. The molecule has 8 aromatic rings. The topological polar surface area (TPSA) is 9.86 Å². The van der Waals surface area contributed by atoms with Crippen LogP contribution < -0.4 is 0 Å². The van der Waals surface area contributed by atoms with Crippen LogP contribution in [0.1, 0.15) is 12.8 Å². The van der Waals surface area contributed by atoms with Crippen LogP contribution in [-0.4, -0.2) is 9.13 Å². The van der Waals surface area contributed by atoms with Gasteiger partial charge in [-0.25, -0.2) is 0 Å². The van der Waals surface area contributed by atoms with Crippen LogP contribution >= 0.6 is 11.3 Å². The molecule has 39 heavy (non-hydrogen) atoms. The third-order valence-electron chi connectivity index (χ3n) is 8.37. The zero-order valence-electron chi connectivity index (χ0n) is 21.3. The molecule has 2 nitrogen and oxygen atoms in total. The highest BCUT2D eigenvalue weighted by atomic mass is 32.1. The highest BCUT2D eigenvalue weighted by Crippen LogP contribution is 2.43. The number of thiophene rings is 1. The number of rotatable bonds is 2. The molecule has 0 bridgehead atoms. The van der Waals surface area contributed by atoms with E-state index in [2.05, 4.69) is 130 Å². The van der Waals surface area contributed by atoms with Crippen LogP contribution in [0.25, 0.3) is 75.2 Å². The van der Waals surface area contributed by atoms with Gasteiger partial charge in [-0.05, 0) is 55.3 Å². The first-order chi connectivity index (χ1) is 19.4. The molecule has 184 valence electrons. The van der Waals surface area contributed by atoms with Crippen LogP contribution in [0.4, 0.5) is 0 Å². The molecule has 0 unspecified atom stereocenters. The van der Waals surface area contributed by atoms with Crippen molar-refractivity contribution in [2.24, 2.45) is 0 Å². The number of hydrogen-bond donors (Lipinski definition) is 0. The summed E-state index contributed by atoms with van der Waals surface area (Å²) < 4.78 is 7.66. The Bertz CT molecular complexity index is 2340. The summed E-state index contributed by atoms with van der Waals surface area (Å²) in [6, 6.07) is 38.2. The maximum atomic E-state index is 2.50. The van der Waals surface area contributed by atoms with Crippen LogP contribution in [0, 0.1) is 0 Å². The summed E-state index contributed by atoms with van der Waals surface area (Å²) in [6.45, 7) is 0. The molecule has 9 rings (SSSR count). The monoisotopic (exact) mass is 516 g/mol. The van der Waals surface area contributed by atoms with Crippen LogP contribution in [-0.2, 0) is 0 Å². The van der Waals surface area contributed by atoms with Gasteiger partial charge in [0.2, 0.25) is 0 Å². The second-order valence-electron chi connectivity index (χ2n) is 10.5. The summed E-state index contributed by atoms with van der Waals surface area (Å²) >= 11 is 1.89. The molecule has 0 N–H and O–H groups in total. The molecule has 3 heterocycles. The van der Waals surface area contributed by atoms with Crippen molar-refractivity contribution < 1.29 is 0 Å². The molecule has 0 aliphatic heterocycles. The van der Waals surface area contributed by atoms with Gasteiger partial charge < -0.3 is 9.13 Å². The zero-order valence-corrected chi connectivity index (χ0v) is 22.1. The molecule has 3 aromatic heterocycles. The fourth-order valence-corrected chi connectivity index (χ4v) is 7.89. The molecule has 0 saturated carbocycles. The lowest BCUT2D eigenvalue weighted by molar-refractivity contribution is 0.979. The smallest absolute Gasteiger partial charge is 0.0640 e. The molecule has 3 heteroatoms. The Kier molecular flexibility index (Phi) is 4.35. The number of fused-ring (bicyclic) bond motifs is 9. The minimum absolute atomic E-state index is 1.05. The summed E-state index contributed by atoms with van der Waals surface area (Å²) in [5, 5.41) is 7.87. The van der Waals surface area contributed by atoms with Crippen LogP contribution in [0.3, 0.4) is 0 Å². The molecule has 0 amide bonds. The number of aromatic nitrogens is 2. The van der Waals surface area contributed by atoms with E-state index in [0.29, 0.717) is 0 Å². The predicted molar refractivity (Wildman–Crippen MR) is 169 cm³/mol. The molecule has 0 spiro atoms. The minimum Gasteiger partial charge on any atom is -0.313 e. The lowest BCUT2D eigenvalue weighted by Crippen LogP contribution is -1.98. The molecule has 1 aliphatic carbocycles. The van der Waals surface area contributed by atoms with E-state index in [1.54, 1.807) is 0 Å². The standard InChI is InChI=1S/C36H24N2S/c1-2-11-23(12-3-1)37-30-17-7-4-13-24(30)28-22-34-29(21-33(28)37)25-14-5-8-18-31(25)38(34)32-19-10-16-27-26-15-6-9-20-35(26)39-36(27)32/h1-2,4-11,13-22H,3,12H2. The van der Waals surface area contributed by atoms with Crippen molar-refractivity contribution in [2.45, 2.75) is 12.8 Å². The highest BCUT2D eigenvalue weighted by molar-refractivity contribution is 7.26. The molecule has 0 saturated heterocycles. The average molecular weight is 517 g/mol. The summed E-state index contributed by atoms with van der Waals surface area (Å²) in [5.74, 6) is 0. The van der Waals surface area contributed by atoms with Gasteiger partial charge in [-0.2, -0.15) is 0 Å². The van der Waals surface area contributed by atoms with Gasteiger partial charge >= 0.3 is 0 Å². The summed E-state index contributed by atoms with van der Waals surface area (Å²) in [4.78, 5) is 0. The van der Waals surface area contributed by atoms with Crippen molar-refractivity contribution in [1.82, 2.24) is 9.13 Å². The second kappa shape index (κ2) is 7.95. The highest BCUT2D eigenvalue weighted by Gasteiger charge is 2.20. The van der Waals surface area contributed by atoms with Crippen molar-refractivity contribution in [3.63, 3.8) is 0 Å². The minimum atomic E-state index is 1.05. The predicted octanol–water partition coefficient (Wildman–Crippen LogP) is 10.5. The summed E-state index contributed by atoms with van der Waals surface area (Å²) in [5.41, 5.74) is 7.69. The Morgan fingerprint density at radius 1 is 0.538 bits per heavy atom. The molecular weight excluding hydrogens is 492 g/mol. The van der Waals surface area contributed by atoms with E-state index in [4.69, 9.17) is 0 Å². The van der Waals surface area contributed by atoms with Gasteiger partial charge in [0.15, 0.2) is 0 Å². The molecule has 0 radical (unpaired) electrons. The van der Waals surface area contributed by atoms with E-state index >= 15 is 0 Å². The van der Waals surface area contributed by atoms with Gasteiger partial charge in [0.1, 0.15) is 0 Å². The average Bonchev–Trinajstić information content (AvgIpc) is 3.64. The molecule has 5 aromatic carbocycles. The van der Waals surface area contributed by atoms with Gasteiger partial charge in [0, 0.05) is 42.7 Å². The van der Waals surface area contributed by atoms with E-state index in [9.17, 15) is 0 Å². The van der Waals surface area contributed by atoms with Gasteiger partial charge in [0.25, 0.3) is 0 Å². The number of allylic oxidation sites excluding steroid dienone is 4. The normalized spacial score (nSPS) is 14.0. The third kappa shape index (κ3) is 2.91. The van der Waals surface area contributed by atoms with Crippen molar-refractivity contribution >= 4 is 80.8 Å². The lowest BCUT2D eigenvalue weighted by atomic mass is 10.1. The first-order valence-corrected chi connectivity index (χ1v) is 14.4. The van der Waals surface area contributed by atoms with Crippen molar-refractivity contribution in [1.29, 1.82) is 0 Å². The number of para-hydroxylation sites is 2. The first kappa shape index (κ1) is 21.3. The second-order valence-corrected chi connectivity index (χ2v) is 11.5. The fourth-order valence-electron chi connectivity index (χ4n) is 6.68. The molecule has 0 fully saturated rings. The van der Waals surface area contributed by atoms with Crippen molar-refractivity contribution in [2.75, 3.05) is 0 Å². The maximum Gasteiger partial charge on any atom is 0.0640 e. The largest absolute Gasteiger partial charge is 0.313 e. The zero-order chi connectivity index (χ0) is 25.5. The van der Waals surface area contributed by atoms with Crippen LogP contribution in [0.15, 0.2) is 121 Å². The van der Waals surface area contributed by atoms with E-state index in [1.165, 1.54) is 75.2 Å². The summed E-state index contributed by atoms with van der Waals surface area (Å²) in [7, 11) is 0. The Balaban J connectivity index is 1.46. The number of benzene rings is 5. The Labute approximate surface area is 229 Å². The van der Waals surface area contributed by atoms with Gasteiger partial charge in [-0.1, -0.05) is 78.9 Å². The summed E-state index contributed by atoms with van der Waals surface area (Å²) in [6.07, 6.45) is 8.89. The van der Waals surface area contributed by atoms with Crippen molar-refractivity contribution in [3.8, 4) is 5.69 Å². The van der Waals surface area contributed by atoms with Gasteiger partial charge in [-0.15, -0.1) is 11.3 Å². The maximum absolute atomic E-state index is 2.50. The molecule has 0 atom stereocenters. The Morgan fingerprint density at radius 3 is 1.92 bits per heavy atom. The quantitative estimate of drug-likeness (QED) is 0.216. The van der Waals surface area contributed by atoms with Crippen LogP contribution in [0.5, 0.6) is 0 Å². The first-order valence-electron chi connectivity index (χ1n) is 13.6. The van der Waals surface area contributed by atoms with Crippen molar-refractivity contribution in [3.05, 3.63) is 121 Å². The van der Waals surface area contributed by atoms with Gasteiger partial charge in [-0.3, -0.25) is 0 Å². The van der Waals surface area contributed by atoms with E-state index in [1.807, 2.05) is 11.3 Å². The third-order valence-corrected chi connectivity index (χ3v) is 9.58. The van der Waals surface area contributed by atoms with Crippen LogP contribution in [0.2, 0.25) is 0 Å². The Hall–Kier alpha value is -4.60.